The molecule has 2 heterocycles. The fourth-order valence-electron chi connectivity index (χ4n) is 7.68. The average molecular weight is 679 g/mol. The quantitative estimate of drug-likeness (QED) is 0.141. The molecular formula is C41H46N2O3S2. The van der Waals surface area contributed by atoms with Gasteiger partial charge in [0.2, 0.25) is 0 Å². The van der Waals surface area contributed by atoms with Crippen LogP contribution in [0.15, 0.2) is 84.9 Å². The number of benzene rings is 3. The zero-order valence-corrected chi connectivity index (χ0v) is 29.5. The zero-order valence-electron chi connectivity index (χ0n) is 27.9. The largest absolute Gasteiger partial charge is 0.456 e. The Morgan fingerprint density at radius 1 is 0.750 bits per heavy atom. The maximum Gasteiger partial charge on any atom is 0.308 e. The van der Waals surface area contributed by atoms with Gasteiger partial charge in [0.05, 0.1) is 12.5 Å². The van der Waals surface area contributed by atoms with E-state index >= 15 is 0 Å². The second-order valence-corrected chi connectivity index (χ2v) is 16.0. The van der Waals surface area contributed by atoms with Gasteiger partial charge in [0, 0.05) is 49.9 Å². The summed E-state index contributed by atoms with van der Waals surface area (Å²) in [6, 6.07) is 29.7. The molecule has 1 N–H and O–H groups in total. The fourth-order valence-corrected chi connectivity index (χ4v) is 10.1. The van der Waals surface area contributed by atoms with Crippen LogP contribution in [0, 0.1) is 11.8 Å². The van der Waals surface area contributed by atoms with E-state index in [1.54, 1.807) is 23.3 Å². The van der Waals surface area contributed by atoms with E-state index in [2.05, 4.69) is 66.0 Å². The highest BCUT2D eigenvalue weighted by molar-refractivity contribution is 7.19. The molecule has 2 fully saturated rings. The van der Waals surface area contributed by atoms with Gasteiger partial charge >= 0.3 is 5.97 Å². The van der Waals surface area contributed by atoms with Crippen LogP contribution in [-0.4, -0.2) is 30.4 Å². The van der Waals surface area contributed by atoms with E-state index < -0.39 is 0 Å². The number of thiophene rings is 2. The van der Waals surface area contributed by atoms with Gasteiger partial charge in [-0.1, -0.05) is 74.9 Å². The Bertz CT molecular complexity index is 1770. The molecule has 2 saturated carbocycles. The highest BCUT2D eigenvalue weighted by Gasteiger charge is 2.30. The first-order valence-electron chi connectivity index (χ1n) is 17.8. The first-order chi connectivity index (χ1) is 23.5. The van der Waals surface area contributed by atoms with Crippen molar-refractivity contribution in [2.24, 2.45) is 11.8 Å². The summed E-state index contributed by atoms with van der Waals surface area (Å²) in [6.07, 6.45) is 12.1. The third kappa shape index (κ3) is 7.63. The standard InChI is InChI=1S/C41H46N2O3S2/c1-43(25-24-38(44)46-40(29-14-6-3-7-15-29)37-27-32-17-9-11-19-35(32)48-37)41(45)30-20-22-33(23-21-30)42-39(28-12-4-2-5-13-28)36-26-31-16-8-10-18-34(31)47-36/h8-11,16-23,26-29,39-40,42H,2-7,12-15,24-25H2,1H3. The van der Waals surface area contributed by atoms with E-state index in [9.17, 15) is 9.59 Å². The van der Waals surface area contributed by atoms with Gasteiger partial charge in [0.25, 0.3) is 5.91 Å². The first-order valence-corrected chi connectivity index (χ1v) is 19.4. The van der Waals surface area contributed by atoms with Crippen molar-refractivity contribution in [1.82, 2.24) is 4.90 Å². The molecule has 2 aliphatic rings. The molecule has 48 heavy (non-hydrogen) atoms. The van der Waals surface area contributed by atoms with Crippen LogP contribution in [0.5, 0.6) is 0 Å². The minimum atomic E-state index is -0.239. The van der Waals surface area contributed by atoms with Crippen molar-refractivity contribution >= 4 is 60.4 Å². The van der Waals surface area contributed by atoms with Crippen LogP contribution in [0.3, 0.4) is 0 Å². The van der Waals surface area contributed by atoms with Gasteiger partial charge in [-0.05, 0) is 90.9 Å². The van der Waals surface area contributed by atoms with E-state index in [1.165, 1.54) is 76.4 Å². The van der Waals surface area contributed by atoms with E-state index in [0.717, 1.165) is 23.4 Å². The lowest BCUT2D eigenvalue weighted by atomic mass is 9.83. The lowest BCUT2D eigenvalue weighted by Crippen LogP contribution is -2.30. The van der Waals surface area contributed by atoms with E-state index in [4.69, 9.17) is 4.74 Å². The molecule has 2 aromatic heterocycles. The van der Waals surface area contributed by atoms with Crippen molar-refractivity contribution < 1.29 is 14.3 Å². The molecule has 250 valence electrons. The first kappa shape index (κ1) is 32.8. The van der Waals surface area contributed by atoms with Crippen molar-refractivity contribution in [2.45, 2.75) is 82.8 Å². The molecule has 0 bridgehead atoms. The summed E-state index contributed by atoms with van der Waals surface area (Å²) in [7, 11) is 1.77. The molecule has 3 aromatic carbocycles. The van der Waals surface area contributed by atoms with Crippen LogP contribution in [0.1, 0.15) is 103 Å². The smallest absolute Gasteiger partial charge is 0.308 e. The Hall–Kier alpha value is -3.68. The molecule has 0 radical (unpaired) electrons. The predicted molar refractivity (Wildman–Crippen MR) is 200 cm³/mol. The summed E-state index contributed by atoms with van der Waals surface area (Å²) in [4.78, 5) is 30.8. The Balaban J connectivity index is 0.977. The molecule has 5 aromatic rings. The summed E-state index contributed by atoms with van der Waals surface area (Å²) < 4.78 is 8.77. The van der Waals surface area contributed by atoms with Gasteiger partial charge in [-0.3, -0.25) is 9.59 Å². The third-order valence-corrected chi connectivity index (χ3v) is 12.8. The van der Waals surface area contributed by atoms with Crippen LogP contribution in [0.4, 0.5) is 5.69 Å². The number of hydrogen-bond acceptors (Lipinski definition) is 6. The molecule has 7 rings (SSSR count). The van der Waals surface area contributed by atoms with Crippen LogP contribution in [-0.2, 0) is 9.53 Å². The normalized spacial score (nSPS) is 17.3. The second-order valence-electron chi connectivity index (χ2n) is 13.8. The van der Waals surface area contributed by atoms with Crippen molar-refractivity contribution in [3.8, 4) is 0 Å². The Morgan fingerprint density at radius 3 is 1.94 bits per heavy atom. The number of fused-ring (bicyclic) bond motifs is 2. The number of carbonyl (C=O) groups excluding carboxylic acids is 2. The van der Waals surface area contributed by atoms with E-state index in [0.29, 0.717) is 23.9 Å². The van der Waals surface area contributed by atoms with Crippen molar-refractivity contribution in [3.05, 3.63) is 100 Å². The van der Waals surface area contributed by atoms with Crippen LogP contribution >= 0.6 is 22.7 Å². The van der Waals surface area contributed by atoms with Crippen molar-refractivity contribution in [1.29, 1.82) is 0 Å². The summed E-state index contributed by atoms with van der Waals surface area (Å²) in [5.74, 6) is 0.614. The summed E-state index contributed by atoms with van der Waals surface area (Å²) in [5.41, 5.74) is 1.65. The van der Waals surface area contributed by atoms with Gasteiger partial charge < -0.3 is 15.0 Å². The number of ether oxygens (including phenoxy) is 1. The minimum Gasteiger partial charge on any atom is -0.456 e. The lowest BCUT2D eigenvalue weighted by Gasteiger charge is -2.31. The molecule has 7 heteroatoms. The number of nitrogens with zero attached hydrogens (tertiary/aromatic N) is 1. The van der Waals surface area contributed by atoms with Crippen LogP contribution < -0.4 is 5.32 Å². The van der Waals surface area contributed by atoms with Crippen LogP contribution in [0.25, 0.3) is 20.2 Å². The Labute approximate surface area is 292 Å². The summed E-state index contributed by atoms with van der Waals surface area (Å²) in [6.45, 7) is 0.317. The van der Waals surface area contributed by atoms with Gasteiger partial charge in [0.1, 0.15) is 6.10 Å². The highest BCUT2D eigenvalue weighted by Crippen LogP contribution is 2.43. The molecule has 2 atom stereocenters. The lowest BCUT2D eigenvalue weighted by molar-refractivity contribution is -0.153. The fraction of sp³-hybridized carbons (Fsp3) is 0.415. The molecule has 2 aliphatic carbocycles. The SMILES string of the molecule is CN(CCC(=O)OC(c1cc2ccccc2s1)C1CCCCC1)C(=O)c1ccc(NC(c2cc3ccccc3s2)C2CCCCC2)cc1. The Morgan fingerprint density at radius 2 is 1.31 bits per heavy atom. The molecule has 0 aliphatic heterocycles. The van der Waals surface area contributed by atoms with Crippen molar-refractivity contribution in [2.75, 3.05) is 18.9 Å². The molecule has 0 spiro atoms. The van der Waals surface area contributed by atoms with Gasteiger partial charge in [-0.25, -0.2) is 0 Å². The molecule has 1 amide bonds. The Kier molecular flexibility index (Phi) is 10.4. The maximum absolute atomic E-state index is 13.4. The average Bonchev–Trinajstić information content (AvgIpc) is 3.77. The van der Waals surface area contributed by atoms with Gasteiger partial charge in [-0.2, -0.15) is 0 Å². The van der Waals surface area contributed by atoms with Gasteiger partial charge in [0.15, 0.2) is 0 Å². The maximum atomic E-state index is 13.4. The number of rotatable bonds is 11. The van der Waals surface area contributed by atoms with Crippen LogP contribution in [0.2, 0.25) is 0 Å². The summed E-state index contributed by atoms with van der Waals surface area (Å²) >= 11 is 3.62. The number of carbonyl (C=O) groups is 2. The third-order valence-electron chi connectivity index (χ3n) is 10.4. The number of nitrogens with one attached hydrogen (secondary N) is 1. The monoisotopic (exact) mass is 678 g/mol. The predicted octanol–water partition coefficient (Wildman–Crippen LogP) is 11.2. The molecule has 2 unspecified atom stereocenters. The minimum absolute atomic E-state index is 0.0870. The zero-order chi connectivity index (χ0) is 32.9. The molecule has 0 saturated heterocycles. The molecular weight excluding hydrogens is 633 g/mol. The van der Waals surface area contributed by atoms with E-state index in [1.807, 2.05) is 35.6 Å². The number of hydrogen-bond donors (Lipinski definition) is 1. The second kappa shape index (κ2) is 15.3. The summed E-state index contributed by atoms with van der Waals surface area (Å²) in [5, 5.41) is 6.36. The number of amides is 1. The molecule has 5 nitrogen and oxygen atoms in total. The van der Waals surface area contributed by atoms with E-state index in [-0.39, 0.29) is 30.4 Å². The van der Waals surface area contributed by atoms with Gasteiger partial charge in [-0.15, -0.1) is 22.7 Å². The number of esters is 1. The topological polar surface area (TPSA) is 58.6 Å². The number of anilines is 1. The van der Waals surface area contributed by atoms with Crippen molar-refractivity contribution in [3.63, 3.8) is 0 Å². The highest BCUT2D eigenvalue weighted by atomic mass is 32.1.